The zero-order valence-electron chi connectivity index (χ0n) is 7.12. The lowest BCUT2D eigenvalue weighted by Crippen LogP contribution is -1.73. The normalized spacial score (nSPS) is 11.5. The Balaban J connectivity index is 3.09. The van der Waals surface area contributed by atoms with Gasteiger partial charge in [0.1, 0.15) is 7.11 Å². The van der Waals surface area contributed by atoms with Crippen LogP contribution in [0.5, 0.6) is 0 Å². The molecule has 0 saturated heterocycles. The average Bonchev–Trinajstić information content (AvgIpc) is 2.03. The Morgan fingerprint density at radius 1 is 1.45 bits per heavy atom. The van der Waals surface area contributed by atoms with E-state index in [1.807, 2.05) is 0 Å². The van der Waals surface area contributed by atoms with Crippen LogP contribution in [0.3, 0.4) is 0 Å². The van der Waals surface area contributed by atoms with Crippen LogP contribution in [0.15, 0.2) is 17.3 Å². The molecular formula is C9H16NO. The maximum absolute atomic E-state index is 4.50. The number of nitrogens with zero attached hydrogens (tertiary/aromatic N) is 1. The van der Waals surface area contributed by atoms with E-state index in [-0.39, 0.29) is 0 Å². The number of rotatable bonds is 6. The van der Waals surface area contributed by atoms with Gasteiger partial charge in [-0.25, -0.2) is 0 Å². The predicted octanol–water partition coefficient (Wildman–Crippen LogP) is 2.57. The van der Waals surface area contributed by atoms with Gasteiger partial charge in [-0.1, -0.05) is 30.7 Å². The molecule has 0 spiro atoms. The van der Waals surface area contributed by atoms with E-state index in [1.165, 1.54) is 0 Å². The van der Waals surface area contributed by atoms with E-state index in [0.717, 1.165) is 25.7 Å². The molecule has 0 aromatic rings. The van der Waals surface area contributed by atoms with E-state index in [1.54, 1.807) is 13.3 Å². The maximum atomic E-state index is 4.50. The minimum absolute atomic E-state index is 0.852. The van der Waals surface area contributed by atoms with Crippen molar-refractivity contribution in [1.29, 1.82) is 0 Å². The number of hydrogen-bond donors (Lipinski definition) is 0. The molecule has 63 valence electrons. The van der Waals surface area contributed by atoms with Gasteiger partial charge < -0.3 is 4.84 Å². The van der Waals surface area contributed by atoms with E-state index in [4.69, 9.17) is 0 Å². The number of unbranched alkanes of at least 4 members (excludes halogenated alkanes) is 2. The van der Waals surface area contributed by atoms with Crippen molar-refractivity contribution in [3.8, 4) is 0 Å². The highest BCUT2D eigenvalue weighted by atomic mass is 16.6. The minimum atomic E-state index is 0.852. The quantitative estimate of drug-likeness (QED) is 0.249. The fourth-order valence-corrected chi connectivity index (χ4v) is 0.655. The summed E-state index contributed by atoms with van der Waals surface area (Å²) in [6.07, 6.45) is 10.1. The molecule has 0 amide bonds. The number of allylic oxidation sites excluding steroid dienone is 2. The molecule has 0 aliphatic heterocycles. The van der Waals surface area contributed by atoms with Crippen molar-refractivity contribution in [2.75, 3.05) is 7.11 Å². The van der Waals surface area contributed by atoms with Crippen molar-refractivity contribution in [2.45, 2.75) is 25.7 Å². The van der Waals surface area contributed by atoms with Gasteiger partial charge in [0.2, 0.25) is 0 Å². The lowest BCUT2D eigenvalue weighted by atomic mass is 10.2. The third-order valence-electron chi connectivity index (χ3n) is 1.21. The Morgan fingerprint density at radius 2 is 2.27 bits per heavy atom. The molecule has 0 heterocycles. The third-order valence-corrected chi connectivity index (χ3v) is 1.21. The van der Waals surface area contributed by atoms with Gasteiger partial charge in [-0.2, -0.15) is 0 Å². The van der Waals surface area contributed by atoms with Crippen LogP contribution in [-0.4, -0.2) is 13.3 Å². The van der Waals surface area contributed by atoms with Gasteiger partial charge in [0.25, 0.3) is 0 Å². The van der Waals surface area contributed by atoms with Crippen molar-refractivity contribution in [1.82, 2.24) is 0 Å². The minimum Gasteiger partial charge on any atom is -0.399 e. The summed E-state index contributed by atoms with van der Waals surface area (Å²) in [5.74, 6) is 0. The Labute approximate surface area is 68.9 Å². The lowest BCUT2D eigenvalue weighted by Gasteiger charge is -1.86. The maximum Gasteiger partial charge on any atom is 0.106 e. The van der Waals surface area contributed by atoms with Gasteiger partial charge in [0, 0.05) is 12.6 Å². The van der Waals surface area contributed by atoms with E-state index >= 15 is 0 Å². The summed E-state index contributed by atoms with van der Waals surface area (Å²) < 4.78 is 0. The molecule has 0 aromatic carbocycles. The molecule has 0 atom stereocenters. The van der Waals surface area contributed by atoms with E-state index in [9.17, 15) is 0 Å². The summed E-state index contributed by atoms with van der Waals surface area (Å²) >= 11 is 0. The summed E-state index contributed by atoms with van der Waals surface area (Å²) in [5.41, 5.74) is 0. The molecule has 0 fully saturated rings. The van der Waals surface area contributed by atoms with Crippen molar-refractivity contribution in [3.63, 3.8) is 0 Å². The van der Waals surface area contributed by atoms with E-state index < -0.39 is 0 Å². The summed E-state index contributed by atoms with van der Waals surface area (Å²) in [7, 11) is 1.54. The molecule has 2 nitrogen and oxygen atoms in total. The van der Waals surface area contributed by atoms with Crippen molar-refractivity contribution < 1.29 is 4.84 Å². The Hall–Kier alpha value is -0.790. The van der Waals surface area contributed by atoms with E-state index in [0.29, 0.717) is 0 Å². The van der Waals surface area contributed by atoms with Crippen molar-refractivity contribution >= 4 is 6.21 Å². The predicted molar refractivity (Wildman–Crippen MR) is 48.5 cm³/mol. The van der Waals surface area contributed by atoms with Crippen molar-refractivity contribution in [2.24, 2.45) is 5.16 Å². The molecule has 0 bridgehead atoms. The van der Waals surface area contributed by atoms with Crippen LogP contribution in [0.4, 0.5) is 0 Å². The molecule has 0 aliphatic rings. The Morgan fingerprint density at radius 3 is 2.91 bits per heavy atom. The Kier molecular flexibility index (Phi) is 8.55. The third kappa shape index (κ3) is 9.21. The van der Waals surface area contributed by atoms with Crippen LogP contribution >= 0.6 is 0 Å². The molecule has 0 saturated carbocycles. The first-order valence-electron chi connectivity index (χ1n) is 3.91. The van der Waals surface area contributed by atoms with Crippen LogP contribution in [0, 0.1) is 6.92 Å². The average molecular weight is 154 g/mol. The first-order valence-corrected chi connectivity index (χ1v) is 3.91. The van der Waals surface area contributed by atoms with Gasteiger partial charge in [-0.05, 0) is 12.8 Å². The molecule has 0 aliphatic carbocycles. The zero-order chi connectivity index (χ0) is 8.36. The molecule has 0 N–H and O–H groups in total. The first kappa shape index (κ1) is 10.2. The molecular weight excluding hydrogens is 138 g/mol. The summed E-state index contributed by atoms with van der Waals surface area (Å²) in [4.78, 5) is 4.50. The number of oxime groups is 1. The molecule has 0 rings (SSSR count). The Bertz CT molecular complexity index is 119. The van der Waals surface area contributed by atoms with Gasteiger partial charge in [-0.15, -0.1) is 0 Å². The van der Waals surface area contributed by atoms with Crippen LogP contribution in [0.2, 0.25) is 0 Å². The van der Waals surface area contributed by atoms with E-state index in [2.05, 4.69) is 29.1 Å². The van der Waals surface area contributed by atoms with Crippen LogP contribution < -0.4 is 0 Å². The molecule has 1 radical (unpaired) electrons. The SMILES string of the molecule is [CH2]CCC/C=C/C/C=N\OC. The second-order valence-corrected chi connectivity index (χ2v) is 2.17. The molecule has 11 heavy (non-hydrogen) atoms. The highest BCUT2D eigenvalue weighted by Gasteiger charge is 1.76. The van der Waals surface area contributed by atoms with Gasteiger partial charge in [-0.3, -0.25) is 0 Å². The molecule has 2 heteroatoms. The highest BCUT2D eigenvalue weighted by Crippen LogP contribution is 1.94. The standard InChI is InChI=1S/C9H16NO/c1-3-4-5-6-7-8-9-10-11-2/h6-7,9H,1,3-5,8H2,2H3/b7-6+,10-9-. The first-order chi connectivity index (χ1) is 5.41. The van der Waals surface area contributed by atoms with Gasteiger partial charge >= 0.3 is 0 Å². The zero-order valence-corrected chi connectivity index (χ0v) is 7.12. The lowest BCUT2D eigenvalue weighted by molar-refractivity contribution is 0.215. The summed E-state index contributed by atoms with van der Waals surface area (Å²) in [6, 6.07) is 0. The topological polar surface area (TPSA) is 21.6 Å². The fourth-order valence-electron chi connectivity index (χ4n) is 0.655. The summed E-state index contributed by atoms with van der Waals surface area (Å²) in [6.45, 7) is 3.75. The highest BCUT2D eigenvalue weighted by molar-refractivity contribution is 5.58. The second-order valence-electron chi connectivity index (χ2n) is 2.17. The number of hydrogen-bond acceptors (Lipinski definition) is 2. The van der Waals surface area contributed by atoms with Crippen LogP contribution in [-0.2, 0) is 4.84 Å². The van der Waals surface area contributed by atoms with Crippen LogP contribution in [0.1, 0.15) is 25.7 Å². The fraction of sp³-hybridized carbons (Fsp3) is 0.556. The van der Waals surface area contributed by atoms with Gasteiger partial charge in [0.05, 0.1) is 0 Å². The van der Waals surface area contributed by atoms with Gasteiger partial charge in [0.15, 0.2) is 0 Å². The monoisotopic (exact) mass is 154 g/mol. The van der Waals surface area contributed by atoms with Crippen molar-refractivity contribution in [3.05, 3.63) is 19.1 Å². The van der Waals surface area contributed by atoms with Crippen LogP contribution in [0.25, 0.3) is 0 Å². The smallest absolute Gasteiger partial charge is 0.106 e. The molecule has 0 unspecified atom stereocenters. The second kappa shape index (κ2) is 9.21. The summed E-state index contributed by atoms with van der Waals surface area (Å²) in [5, 5.41) is 3.60. The largest absolute Gasteiger partial charge is 0.399 e. The molecule has 0 aromatic heterocycles.